The molecule has 2 rings (SSSR count). The summed E-state index contributed by atoms with van der Waals surface area (Å²) in [4.78, 5) is 15.1. The molecule has 3 nitrogen and oxygen atoms in total. The summed E-state index contributed by atoms with van der Waals surface area (Å²) in [6, 6.07) is 11.3. The van der Waals surface area contributed by atoms with Crippen molar-refractivity contribution < 1.29 is 9.53 Å². The monoisotopic (exact) mass is 245 g/mol. The van der Waals surface area contributed by atoms with Crippen LogP contribution < -0.4 is 4.74 Å². The summed E-state index contributed by atoms with van der Waals surface area (Å²) in [5.74, 6) is 0.618. The Kier molecular flexibility index (Phi) is 4.08. The Morgan fingerprint density at radius 1 is 1.24 bits per heavy atom. The van der Waals surface area contributed by atoms with Gasteiger partial charge in [-0.3, -0.25) is 0 Å². The highest BCUT2D eigenvalue weighted by molar-refractivity contribution is 7.09. The fourth-order valence-electron chi connectivity index (χ4n) is 1.44. The second-order valence-electron chi connectivity index (χ2n) is 3.35. The third kappa shape index (κ3) is 3.28. The van der Waals surface area contributed by atoms with Gasteiger partial charge in [-0.05, 0) is 23.6 Å². The minimum atomic E-state index is 0.522. The average Bonchev–Trinajstić information content (AvgIpc) is 2.85. The van der Waals surface area contributed by atoms with E-state index in [4.69, 9.17) is 4.74 Å². The summed E-state index contributed by atoms with van der Waals surface area (Å²) in [5.41, 5.74) is 0.522. The van der Waals surface area contributed by atoms with Crippen molar-refractivity contribution >= 4 is 23.1 Å². The smallest absolute Gasteiger partial charge is 0.240 e. The summed E-state index contributed by atoms with van der Waals surface area (Å²) in [7, 11) is 0. The Balaban J connectivity index is 1.96. The van der Waals surface area contributed by atoms with Gasteiger partial charge in [0.2, 0.25) is 6.08 Å². The Morgan fingerprint density at radius 3 is 2.88 bits per heavy atom. The molecule has 86 valence electrons. The molecule has 0 aliphatic carbocycles. The second-order valence-corrected chi connectivity index (χ2v) is 4.38. The van der Waals surface area contributed by atoms with Crippen LogP contribution in [-0.4, -0.2) is 12.7 Å². The zero-order valence-electron chi connectivity index (χ0n) is 9.13. The lowest BCUT2D eigenvalue weighted by atomic mass is 10.3. The molecule has 0 aliphatic heterocycles. The number of rotatable bonds is 5. The minimum absolute atomic E-state index is 0.522. The Bertz CT molecular complexity index is 516. The van der Waals surface area contributed by atoms with Crippen LogP contribution in [0.3, 0.4) is 0 Å². The molecule has 1 heterocycles. The lowest BCUT2D eigenvalue weighted by Gasteiger charge is -2.06. The van der Waals surface area contributed by atoms with Gasteiger partial charge in [0.05, 0.1) is 6.61 Å². The van der Waals surface area contributed by atoms with E-state index in [2.05, 4.69) is 11.1 Å². The van der Waals surface area contributed by atoms with Crippen molar-refractivity contribution in [2.75, 3.05) is 6.61 Å². The first-order valence-corrected chi connectivity index (χ1v) is 6.10. The van der Waals surface area contributed by atoms with Crippen LogP contribution >= 0.6 is 11.3 Å². The molecule has 0 bridgehead atoms. The number of isocyanates is 1. The van der Waals surface area contributed by atoms with Gasteiger partial charge in [0.1, 0.15) is 11.4 Å². The predicted octanol–water partition coefficient (Wildman–Crippen LogP) is 3.34. The standard InChI is InChI=1S/C13H11NO2S/c15-10-14-12-5-1-2-6-13(12)16-8-7-11-4-3-9-17-11/h1-6,9H,7-8H2. The van der Waals surface area contributed by atoms with Crippen molar-refractivity contribution in [3.05, 3.63) is 46.7 Å². The number of aliphatic imine (C=N–C) groups is 1. The summed E-state index contributed by atoms with van der Waals surface area (Å²) < 4.78 is 5.60. The highest BCUT2D eigenvalue weighted by Crippen LogP contribution is 2.26. The second kappa shape index (κ2) is 5.99. The van der Waals surface area contributed by atoms with E-state index in [0.29, 0.717) is 18.0 Å². The van der Waals surface area contributed by atoms with Crippen LogP contribution in [0.15, 0.2) is 46.8 Å². The summed E-state index contributed by atoms with van der Waals surface area (Å²) in [6.07, 6.45) is 2.38. The van der Waals surface area contributed by atoms with Gasteiger partial charge in [-0.2, -0.15) is 4.99 Å². The van der Waals surface area contributed by atoms with Gasteiger partial charge in [-0.25, -0.2) is 4.79 Å². The number of benzene rings is 1. The van der Waals surface area contributed by atoms with Crippen molar-refractivity contribution in [3.63, 3.8) is 0 Å². The molecule has 0 spiro atoms. The van der Waals surface area contributed by atoms with Crippen LogP contribution in [0.1, 0.15) is 4.88 Å². The maximum Gasteiger partial charge on any atom is 0.240 e. The molecule has 0 unspecified atom stereocenters. The maximum atomic E-state index is 10.2. The number of nitrogens with zero attached hydrogens (tertiary/aromatic N) is 1. The first-order valence-electron chi connectivity index (χ1n) is 5.22. The third-order valence-corrected chi connectivity index (χ3v) is 3.15. The first-order chi connectivity index (χ1) is 8.40. The summed E-state index contributed by atoms with van der Waals surface area (Å²) in [5, 5.41) is 2.04. The van der Waals surface area contributed by atoms with Crippen molar-refractivity contribution in [2.45, 2.75) is 6.42 Å². The van der Waals surface area contributed by atoms with E-state index in [-0.39, 0.29) is 0 Å². The minimum Gasteiger partial charge on any atom is -0.491 e. The van der Waals surface area contributed by atoms with E-state index in [1.165, 1.54) is 11.0 Å². The quantitative estimate of drug-likeness (QED) is 0.598. The number of ether oxygens (including phenoxy) is 1. The number of para-hydroxylation sites is 2. The van der Waals surface area contributed by atoms with Gasteiger partial charge < -0.3 is 4.74 Å². The van der Waals surface area contributed by atoms with Gasteiger partial charge >= 0.3 is 0 Å². The number of hydrogen-bond acceptors (Lipinski definition) is 4. The molecule has 0 fully saturated rings. The SMILES string of the molecule is O=C=Nc1ccccc1OCCc1cccs1. The van der Waals surface area contributed by atoms with Gasteiger partial charge in [0, 0.05) is 11.3 Å². The molecule has 0 aliphatic rings. The van der Waals surface area contributed by atoms with E-state index in [1.807, 2.05) is 23.6 Å². The lowest BCUT2D eigenvalue weighted by Crippen LogP contribution is -1.99. The van der Waals surface area contributed by atoms with Crippen LogP contribution in [0.25, 0.3) is 0 Å². The molecule has 17 heavy (non-hydrogen) atoms. The maximum absolute atomic E-state index is 10.2. The molecule has 1 aromatic carbocycles. The topological polar surface area (TPSA) is 38.7 Å². The van der Waals surface area contributed by atoms with E-state index in [1.54, 1.807) is 23.5 Å². The van der Waals surface area contributed by atoms with Crippen LogP contribution in [-0.2, 0) is 11.2 Å². The third-order valence-electron chi connectivity index (χ3n) is 2.22. The highest BCUT2D eigenvalue weighted by Gasteiger charge is 2.01. The molecular formula is C13H11NO2S. The zero-order valence-corrected chi connectivity index (χ0v) is 9.94. The van der Waals surface area contributed by atoms with Gasteiger partial charge in [-0.1, -0.05) is 18.2 Å². The van der Waals surface area contributed by atoms with Gasteiger partial charge in [0.15, 0.2) is 0 Å². The van der Waals surface area contributed by atoms with E-state index in [0.717, 1.165) is 6.42 Å². The molecular weight excluding hydrogens is 234 g/mol. The fourth-order valence-corrected chi connectivity index (χ4v) is 2.13. The number of carbonyl (C=O) groups excluding carboxylic acids is 1. The summed E-state index contributed by atoms with van der Waals surface area (Å²) in [6.45, 7) is 0.575. The average molecular weight is 245 g/mol. The molecule has 2 aromatic rings. The Morgan fingerprint density at radius 2 is 2.12 bits per heavy atom. The van der Waals surface area contributed by atoms with Crippen molar-refractivity contribution in [1.82, 2.24) is 0 Å². The van der Waals surface area contributed by atoms with Crippen molar-refractivity contribution in [2.24, 2.45) is 4.99 Å². The van der Waals surface area contributed by atoms with Crippen molar-refractivity contribution in [3.8, 4) is 5.75 Å². The molecule has 1 aromatic heterocycles. The van der Waals surface area contributed by atoms with Crippen molar-refractivity contribution in [1.29, 1.82) is 0 Å². The normalized spacial score (nSPS) is 9.65. The molecule has 0 saturated carbocycles. The highest BCUT2D eigenvalue weighted by atomic mass is 32.1. The molecule has 0 amide bonds. The predicted molar refractivity (Wildman–Crippen MR) is 67.7 cm³/mol. The molecule has 0 N–H and O–H groups in total. The van der Waals surface area contributed by atoms with Gasteiger partial charge in [0.25, 0.3) is 0 Å². The lowest BCUT2D eigenvalue weighted by molar-refractivity contribution is 0.324. The van der Waals surface area contributed by atoms with E-state index < -0.39 is 0 Å². The number of thiophene rings is 1. The first kappa shape index (κ1) is 11.6. The fraction of sp³-hybridized carbons (Fsp3) is 0.154. The van der Waals surface area contributed by atoms with Gasteiger partial charge in [-0.15, -0.1) is 11.3 Å². The zero-order chi connectivity index (χ0) is 11.9. The van der Waals surface area contributed by atoms with Crippen LogP contribution in [0.4, 0.5) is 5.69 Å². The largest absolute Gasteiger partial charge is 0.491 e. The van der Waals surface area contributed by atoms with Crippen LogP contribution in [0.2, 0.25) is 0 Å². The van der Waals surface area contributed by atoms with E-state index in [9.17, 15) is 4.79 Å². The van der Waals surface area contributed by atoms with Crippen LogP contribution in [0.5, 0.6) is 5.75 Å². The van der Waals surface area contributed by atoms with Crippen LogP contribution in [0, 0.1) is 0 Å². The molecule has 0 saturated heterocycles. The van der Waals surface area contributed by atoms with E-state index >= 15 is 0 Å². The molecule has 0 atom stereocenters. The molecule has 0 radical (unpaired) electrons. The number of hydrogen-bond donors (Lipinski definition) is 0. The Hall–Kier alpha value is -1.90. The summed E-state index contributed by atoms with van der Waals surface area (Å²) >= 11 is 1.71. The molecule has 4 heteroatoms. The Labute approximate surface area is 103 Å².